The average molecular weight is 309 g/mol. The first-order chi connectivity index (χ1) is 8.60. The number of hydrogen-bond donors (Lipinski definition) is 1. The maximum atomic E-state index is 12.4. The van der Waals surface area contributed by atoms with Crippen LogP contribution >= 0.6 is 15.9 Å². The molecule has 1 N–H and O–H groups in total. The predicted octanol–water partition coefficient (Wildman–Crippen LogP) is 2.55. The third-order valence-corrected chi connectivity index (χ3v) is 4.54. The minimum Gasteiger partial charge on any atom is -0.310 e. The number of benzene rings is 1. The lowest BCUT2D eigenvalue weighted by atomic mass is 10.1. The molecule has 1 atom stereocenters. The van der Waals surface area contributed by atoms with Gasteiger partial charge in [-0.15, -0.1) is 0 Å². The molecule has 1 amide bonds. The van der Waals surface area contributed by atoms with Crippen LogP contribution in [0.4, 0.5) is 5.69 Å². The van der Waals surface area contributed by atoms with Crippen LogP contribution in [0.1, 0.15) is 19.8 Å². The Balaban J connectivity index is 1.91. The number of nitrogens with zero attached hydrogens (tertiary/aromatic N) is 1. The number of carbonyl (C=O) groups is 1. The van der Waals surface area contributed by atoms with Gasteiger partial charge in [0.1, 0.15) is 0 Å². The Morgan fingerprint density at radius 1 is 1.33 bits per heavy atom. The van der Waals surface area contributed by atoms with Crippen LogP contribution in [-0.4, -0.2) is 25.0 Å². The van der Waals surface area contributed by atoms with Gasteiger partial charge in [-0.1, -0.05) is 15.9 Å². The Labute approximate surface area is 116 Å². The molecule has 1 heterocycles. The lowest BCUT2D eigenvalue weighted by molar-refractivity contribution is -0.119. The normalized spacial score (nSPS) is 26.2. The smallest absolute Gasteiger partial charge is 0.243 e. The molecular formula is C14H17BrN2O. The maximum Gasteiger partial charge on any atom is 0.243 e. The van der Waals surface area contributed by atoms with E-state index in [1.807, 2.05) is 36.1 Å². The van der Waals surface area contributed by atoms with Crippen molar-refractivity contribution in [1.82, 2.24) is 5.32 Å². The van der Waals surface area contributed by atoms with Crippen molar-refractivity contribution in [3.05, 3.63) is 28.7 Å². The lowest BCUT2D eigenvalue weighted by Crippen LogP contribution is -2.41. The van der Waals surface area contributed by atoms with E-state index in [0.717, 1.165) is 23.2 Å². The van der Waals surface area contributed by atoms with Crippen molar-refractivity contribution in [2.45, 2.75) is 25.8 Å². The van der Waals surface area contributed by atoms with Crippen molar-refractivity contribution in [2.24, 2.45) is 5.41 Å². The highest BCUT2D eigenvalue weighted by molar-refractivity contribution is 9.10. The molecule has 0 aromatic heterocycles. The van der Waals surface area contributed by atoms with E-state index in [9.17, 15) is 4.79 Å². The number of hydrogen-bond acceptors (Lipinski definition) is 2. The number of rotatable bonds is 1. The summed E-state index contributed by atoms with van der Waals surface area (Å²) < 4.78 is 1.04. The lowest BCUT2D eigenvalue weighted by Gasteiger charge is -2.25. The minimum atomic E-state index is -0.0892. The summed E-state index contributed by atoms with van der Waals surface area (Å²) in [7, 11) is 0. The van der Waals surface area contributed by atoms with Gasteiger partial charge in [0, 0.05) is 28.7 Å². The van der Waals surface area contributed by atoms with Crippen LogP contribution in [0.3, 0.4) is 0 Å². The number of carbonyl (C=O) groups excluding carboxylic acids is 1. The Morgan fingerprint density at radius 3 is 2.61 bits per heavy atom. The topological polar surface area (TPSA) is 32.3 Å². The predicted molar refractivity (Wildman–Crippen MR) is 75.6 cm³/mol. The van der Waals surface area contributed by atoms with Crippen LogP contribution in [0.15, 0.2) is 28.7 Å². The summed E-state index contributed by atoms with van der Waals surface area (Å²) in [5.41, 5.74) is 1.33. The van der Waals surface area contributed by atoms with Gasteiger partial charge in [-0.05, 0) is 44.0 Å². The molecule has 2 fully saturated rings. The zero-order chi connectivity index (χ0) is 12.8. The van der Waals surface area contributed by atoms with E-state index in [0.29, 0.717) is 5.41 Å². The largest absolute Gasteiger partial charge is 0.310 e. The molecule has 3 nitrogen and oxygen atoms in total. The van der Waals surface area contributed by atoms with Gasteiger partial charge in [0.15, 0.2) is 0 Å². The molecular weight excluding hydrogens is 292 g/mol. The van der Waals surface area contributed by atoms with Gasteiger partial charge in [-0.3, -0.25) is 4.79 Å². The molecule has 1 aliphatic heterocycles. The first-order valence-electron chi connectivity index (χ1n) is 6.40. The van der Waals surface area contributed by atoms with Gasteiger partial charge in [-0.2, -0.15) is 0 Å². The number of halogens is 1. The van der Waals surface area contributed by atoms with Crippen LogP contribution in [0.2, 0.25) is 0 Å². The number of nitrogens with one attached hydrogen (secondary N) is 1. The molecule has 96 valence electrons. The highest BCUT2D eigenvalue weighted by Gasteiger charge is 2.47. The fraction of sp³-hybridized carbons (Fsp3) is 0.500. The van der Waals surface area contributed by atoms with Crippen molar-refractivity contribution in [1.29, 1.82) is 0 Å². The zero-order valence-electron chi connectivity index (χ0n) is 10.4. The van der Waals surface area contributed by atoms with Gasteiger partial charge in [-0.25, -0.2) is 0 Å². The third-order valence-electron chi connectivity index (χ3n) is 4.01. The minimum absolute atomic E-state index is 0.0892. The SMILES string of the molecule is CC1NCC2(CC2)CN(c2ccc(Br)cc2)C1=O. The monoisotopic (exact) mass is 308 g/mol. The van der Waals surface area contributed by atoms with E-state index < -0.39 is 0 Å². The second-order valence-electron chi connectivity index (χ2n) is 5.50. The van der Waals surface area contributed by atoms with Crippen LogP contribution in [0, 0.1) is 5.41 Å². The molecule has 1 aromatic carbocycles. The fourth-order valence-corrected chi connectivity index (χ4v) is 2.78. The first-order valence-corrected chi connectivity index (χ1v) is 7.19. The van der Waals surface area contributed by atoms with E-state index >= 15 is 0 Å². The summed E-state index contributed by atoms with van der Waals surface area (Å²) in [6.45, 7) is 3.77. The third kappa shape index (κ3) is 2.19. The molecule has 1 aromatic rings. The molecule has 1 saturated heterocycles. The van der Waals surface area contributed by atoms with Crippen molar-refractivity contribution >= 4 is 27.5 Å². The van der Waals surface area contributed by atoms with Crippen LogP contribution in [0.5, 0.6) is 0 Å². The van der Waals surface area contributed by atoms with Gasteiger partial charge in [0.2, 0.25) is 5.91 Å². The molecule has 1 spiro atoms. The van der Waals surface area contributed by atoms with E-state index in [4.69, 9.17) is 0 Å². The Bertz CT molecular complexity index is 467. The standard InChI is InChI=1S/C14H17BrN2O/c1-10-13(18)17(9-14(6-7-14)8-16-10)12-4-2-11(15)3-5-12/h2-5,10,16H,6-9H2,1H3. The molecule has 0 bridgehead atoms. The summed E-state index contributed by atoms with van der Waals surface area (Å²) in [4.78, 5) is 14.3. The number of amides is 1. The summed E-state index contributed by atoms with van der Waals surface area (Å²) >= 11 is 3.43. The second kappa shape index (κ2) is 4.35. The zero-order valence-corrected chi connectivity index (χ0v) is 12.0. The molecule has 0 radical (unpaired) electrons. The molecule has 1 aliphatic carbocycles. The average Bonchev–Trinajstić information content (AvgIpc) is 3.15. The molecule has 18 heavy (non-hydrogen) atoms. The summed E-state index contributed by atoms with van der Waals surface area (Å²) in [5.74, 6) is 0.182. The van der Waals surface area contributed by atoms with Gasteiger partial charge in [0.25, 0.3) is 0 Å². The van der Waals surface area contributed by atoms with Gasteiger partial charge in [0.05, 0.1) is 6.04 Å². The molecule has 2 aliphatic rings. The molecule has 1 saturated carbocycles. The van der Waals surface area contributed by atoms with Crippen LogP contribution < -0.4 is 10.2 Å². The van der Waals surface area contributed by atoms with Crippen molar-refractivity contribution < 1.29 is 4.79 Å². The Hall–Kier alpha value is -0.870. The molecule has 1 unspecified atom stereocenters. The second-order valence-corrected chi connectivity index (χ2v) is 6.42. The Kier molecular flexibility index (Phi) is 2.94. The Morgan fingerprint density at radius 2 is 2.00 bits per heavy atom. The van der Waals surface area contributed by atoms with E-state index in [1.165, 1.54) is 12.8 Å². The maximum absolute atomic E-state index is 12.4. The summed E-state index contributed by atoms with van der Waals surface area (Å²) in [6.07, 6.45) is 2.46. The summed E-state index contributed by atoms with van der Waals surface area (Å²) in [6, 6.07) is 7.91. The van der Waals surface area contributed by atoms with Crippen LogP contribution in [-0.2, 0) is 4.79 Å². The van der Waals surface area contributed by atoms with Gasteiger partial charge >= 0.3 is 0 Å². The van der Waals surface area contributed by atoms with E-state index in [2.05, 4.69) is 21.2 Å². The van der Waals surface area contributed by atoms with Crippen molar-refractivity contribution in [3.8, 4) is 0 Å². The first kappa shape index (κ1) is 12.2. The molecule has 4 heteroatoms. The van der Waals surface area contributed by atoms with Crippen molar-refractivity contribution in [2.75, 3.05) is 18.0 Å². The summed E-state index contributed by atoms with van der Waals surface area (Å²) in [5, 5.41) is 3.36. The van der Waals surface area contributed by atoms with Gasteiger partial charge < -0.3 is 10.2 Å². The fourth-order valence-electron chi connectivity index (χ4n) is 2.51. The van der Waals surface area contributed by atoms with E-state index in [1.54, 1.807) is 0 Å². The van der Waals surface area contributed by atoms with E-state index in [-0.39, 0.29) is 11.9 Å². The quantitative estimate of drug-likeness (QED) is 0.865. The number of anilines is 1. The highest BCUT2D eigenvalue weighted by atomic mass is 79.9. The van der Waals surface area contributed by atoms with Crippen LogP contribution in [0.25, 0.3) is 0 Å². The van der Waals surface area contributed by atoms with Crippen molar-refractivity contribution in [3.63, 3.8) is 0 Å². The highest BCUT2D eigenvalue weighted by Crippen LogP contribution is 2.47. The molecule has 3 rings (SSSR count).